The molecule has 2 rings (SSSR count). The quantitative estimate of drug-likeness (QED) is 0.487. The number of furan rings is 1. The van der Waals surface area contributed by atoms with Crippen LogP contribution in [-0.2, 0) is 11.3 Å². The standard InChI is InChI=1S/C14H22N2O3/c1-2-10-4-3-5-11(8-10)19-9-13-12(6-7-18-13)14(17)16-15/h6-7,10-11H,2-5,8-9,15H2,1H3,(H,16,17). The molecule has 3 N–H and O–H groups in total. The lowest BCUT2D eigenvalue weighted by Gasteiger charge is -2.28. The Hall–Kier alpha value is -1.33. The van der Waals surface area contributed by atoms with Gasteiger partial charge < -0.3 is 9.15 Å². The van der Waals surface area contributed by atoms with Crippen molar-refractivity contribution in [2.24, 2.45) is 11.8 Å². The fourth-order valence-corrected chi connectivity index (χ4v) is 2.69. The second-order valence-electron chi connectivity index (χ2n) is 5.10. The highest BCUT2D eigenvalue weighted by Crippen LogP contribution is 2.29. The number of nitrogens with one attached hydrogen (secondary N) is 1. The van der Waals surface area contributed by atoms with Crippen molar-refractivity contribution in [2.45, 2.75) is 51.7 Å². The zero-order chi connectivity index (χ0) is 13.7. The van der Waals surface area contributed by atoms with E-state index in [1.54, 1.807) is 6.07 Å². The zero-order valence-corrected chi connectivity index (χ0v) is 11.4. The summed E-state index contributed by atoms with van der Waals surface area (Å²) in [5.74, 6) is 6.09. The number of amides is 1. The molecule has 1 aliphatic rings. The van der Waals surface area contributed by atoms with E-state index < -0.39 is 0 Å². The van der Waals surface area contributed by atoms with Crippen LogP contribution in [0.5, 0.6) is 0 Å². The third-order valence-electron chi connectivity index (χ3n) is 3.88. The van der Waals surface area contributed by atoms with E-state index >= 15 is 0 Å². The van der Waals surface area contributed by atoms with E-state index in [-0.39, 0.29) is 12.0 Å². The van der Waals surface area contributed by atoms with E-state index in [0.717, 1.165) is 18.8 Å². The molecule has 0 spiro atoms. The van der Waals surface area contributed by atoms with Gasteiger partial charge in [-0.3, -0.25) is 10.2 Å². The summed E-state index contributed by atoms with van der Waals surface area (Å²) in [7, 11) is 0. The predicted octanol–water partition coefficient (Wildman–Crippen LogP) is 2.37. The molecule has 2 unspecified atom stereocenters. The Bertz CT molecular complexity index is 417. The number of hydrogen-bond acceptors (Lipinski definition) is 4. The zero-order valence-electron chi connectivity index (χ0n) is 11.4. The van der Waals surface area contributed by atoms with Gasteiger partial charge in [-0.2, -0.15) is 0 Å². The van der Waals surface area contributed by atoms with Crippen LogP contribution in [-0.4, -0.2) is 12.0 Å². The maximum absolute atomic E-state index is 11.5. The van der Waals surface area contributed by atoms with Crippen molar-refractivity contribution in [3.63, 3.8) is 0 Å². The van der Waals surface area contributed by atoms with Crippen LogP contribution in [0.2, 0.25) is 0 Å². The lowest BCUT2D eigenvalue weighted by Crippen LogP contribution is -2.30. The van der Waals surface area contributed by atoms with Crippen LogP contribution in [0.3, 0.4) is 0 Å². The summed E-state index contributed by atoms with van der Waals surface area (Å²) in [5, 5.41) is 0. The van der Waals surface area contributed by atoms with Gasteiger partial charge in [-0.15, -0.1) is 0 Å². The topological polar surface area (TPSA) is 77.5 Å². The molecule has 19 heavy (non-hydrogen) atoms. The lowest BCUT2D eigenvalue weighted by atomic mass is 9.85. The summed E-state index contributed by atoms with van der Waals surface area (Å²) >= 11 is 0. The van der Waals surface area contributed by atoms with Gasteiger partial charge in [-0.1, -0.05) is 26.2 Å². The molecule has 106 valence electrons. The molecule has 1 heterocycles. The monoisotopic (exact) mass is 266 g/mol. The maximum atomic E-state index is 11.5. The predicted molar refractivity (Wildman–Crippen MR) is 71.2 cm³/mol. The molecular weight excluding hydrogens is 244 g/mol. The first-order chi connectivity index (χ1) is 9.24. The minimum atomic E-state index is -0.345. The van der Waals surface area contributed by atoms with Gasteiger partial charge in [-0.05, 0) is 24.8 Å². The van der Waals surface area contributed by atoms with Crippen molar-refractivity contribution >= 4 is 5.91 Å². The normalized spacial score (nSPS) is 23.3. The van der Waals surface area contributed by atoms with Crippen LogP contribution in [0.25, 0.3) is 0 Å². The number of ether oxygens (including phenoxy) is 1. The molecule has 0 aromatic carbocycles. The van der Waals surface area contributed by atoms with Gasteiger partial charge in [0.2, 0.25) is 0 Å². The van der Waals surface area contributed by atoms with E-state index in [9.17, 15) is 4.79 Å². The van der Waals surface area contributed by atoms with E-state index in [1.807, 2.05) is 0 Å². The van der Waals surface area contributed by atoms with E-state index in [4.69, 9.17) is 15.0 Å². The molecule has 1 amide bonds. The highest BCUT2D eigenvalue weighted by Gasteiger charge is 2.22. The summed E-state index contributed by atoms with van der Waals surface area (Å²) < 4.78 is 11.2. The second kappa shape index (κ2) is 6.73. The molecule has 0 aliphatic heterocycles. The third-order valence-corrected chi connectivity index (χ3v) is 3.88. The summed E-state index contributed by atoms with van der Waals surface area (Å²) in [6.07, 6.45) is 7.69. The van der Waals surface area contributed by atoms with Gasteiger partial charge in [0, 0.05) is 0 Å². The average molecular weight is 266 g/mol. The van der Waals surface area contributed by atoms with Gasteiger partial charge in [-0.25, -0.2) is 5.84 Å². The Labute approximate surface area is 113 Å². The number of nitrogen functional groups attached to an aromatic ring is 1. The van der Waals surface area contributed by atoms with Crippen molar-refractivity contribution < 1.29 is 13.9 Å². The fraction of sp³-hybridized carbons (Fsp3) is 0.643. The number of nitrogens with two attached hydrogens (primary N) is 1. The average Bonchev–Trinajstić information content (AvgIpc) is 2.93. The molecule has 2 atom stereocenters. The van der Waals surface area contributed by atoms with Gasteiger partial charge in [0.05, 0.1) is 17.9 Å². The molecule has 1 saturated carbocycles. The highest BCUT2D eigenvalue weighted by molar-refractivity contribution is 5.94. The molecule has 1 aromatic heterocycles. The largest absolute Gasteiger partial charge is 0.466 e. The number of hydrazine groups is 1. The molecule has 0 radical (unpaired) electrons. The summed E-state index contributed by atoms with van der Waals surface area (Å²) in [6, 6.07) is 1.61. The summed E-state index contributed by atoms with van der Waals surface area (Å²) in [4.78, 5) is 11.5. The molecule has 5 heteroatoms. The van der Waals surface area contributed by atoms with Crippen molar-refractivity contribution in [2.75, 3.05) is 0 Å². The van der Waals surface area contributed by atoms with Crippen LogP contribution in [0, 0.1) is 5.92 Å². The number of hydrogen-bond donors (Lipinski definition) is 2. The van der Waals surface area contributed by atoms with Crippen LogP contribution in [0.4, 0.5) is 0 Å². The third kappa shape index (κ3) is 3.58. The van der Waals surface area contributed by atoms with Crippen LogP contribution in [0.15, 0.2) is 16.7 Å². The SMILES string of the molecule is CCC1CCCC(OCc2occc2C(=O)NN)C1. The first-order valence-electron chi connectivity index (χ1n) is 6.93. The number of rotatable bonds is 5. The molecule has 0 bridgehead atoms. The molecule has 0 saturated heterocycles. The van der Waals surface area contributed by atoms with E-state index in [1.165, 1.54) is 25.5 Å². The number of carbonyl (C=O) groups excluding carboxylic acids is 1. The van der Waals surface area contributed by atoms with Gasteiger partial charge in [0.1, 0.15) is 12.4 Å². The molecule has 1 fully saturated rings. The summed E-state index contributed by atoms with van der Waals surface area (Å²) in [5.41, 5.74) is 2.56. The Morgan fingerprint density at radius 2 is 2.42 bits per heavy atom. The smallest absolute Gasteiger partial charge is 0.268 e. The van der Waals surface area contributed by atoms with Crippen molar-refractivity contribution in [3.8, 4) is 0 Å². The first kappa shape index (κ1) is 14.1. The van der Waals surface area contributed by atoms with E-state index in [2.05, 4.69) is 12.3 Å². The Morgan fingerprint density at radius 1 is 1.58 bits per heavy atom. The second-order valence-corrected chi connectivity index (χ2v) is 5.10. The van der Waals surface area contributed by atoms with Gasteiger partial charge in [0.15, 0.2) is 0 Å². The summed E-state index contributed by atoms with van der Waals surface area (Å²) in [6.45, 7) is 2.56. The fourth-order valence-electron chi connectivity index (χ4n) is 2.69. The Kier molecular flexibility index (Phi) is 4.99. The Balaban J connectivity index is 1.88. The Morgan fingerprint density at radius 3 is 3.16 bits per heavy atom. The van der Waals surface area contributed by atoms with Crippen LogP contribution >= 0.6 is 0 Å². The first-order valence-corrected chi connectivity index (χ1v) is 6.93. The van der Waals surface area contributed by atoms with E-state index in [0.29, 0.717) is 17.9 Å². The van der Waals surface area contributed by atoms with Crippen molar-refractivity contribution in [3.05, 3.63) is 23.7 Å². The maximum Gasteiger partial charge on any atom is 0.268 e. The molecule has 1 aromatic rings. The molecule has 5 nitrogen and oxygen atoms in total. The molecular formula is C14H22N2O3. The van der Waals surface area contributed by atoms with Gasteiger partial charge >= 0.3 is 0 Å². The highest BCUT2D eigenvalue weighted by atomic mass is 16.5. The van der Waals surface area contributed by atoms with Gasteiger partial charge in [0.25, 0.3) is 5.91 Å². The number of carbonyl (C=O) groups is 1. The van der Waals surface area contributed by atoms with Crippen molar-refractivity contribution in [1.82, 2.24) is 5.43 Å². The lowest BCUT2D eigenvalue weighted by molar-refractivity contribution is -0.00566. The minimum absolute atomic E-state index is 0.276. The molecule has 1 aliphatic carbocycles. The minimum Gasteiger partial charge on any atom is -0.466 e. The van der Waals surface area contributed by atoms with Crippen molar-refractivity contribution in [1.29, 1.82) is 0 Å². The van der Waals surface area contributed by atoms with Crippen LogP contribution < -0.4 is 11.3 Å². The van der Waals surface area contributed by atoms with Crippen LogP contribution in [0.1, 0.15) is 55.1 Å².